The minimum absolute atomic E-state index is 0.0486. The van der Waals surface area contributed by atoms with Crippen molar-refractivity contribution >= 4 is 6.08 Å². The summed E-state index contributed by atoms with van der Waals surface area (Å²) in [5.74, 6) is 0.279. The van der Waals surface area contributed by atoms with E-state index in [1.807, 2.05) is 0 Å². The fourth-order valence-corrected chi connectivity index (χ4v) is 7.80. The maximum absolute atomic E-state index is 2.54. The van der Waals surface area contributed by atoms with Gasteiger partial charge in [-0.05, 0) is 66.5 Å². The Balaban J connectivity index is 1.65. The van der Waals surface area contributed by atoms with E-state index in [0.717, 1.165) is 0 Å². The Labute approximate surface area is 258 Å². The fourth-order valence-electron chi connectivity index (χ4n) is 7.80. The summed E-state index contributed by atoms with van der Waals surface area (Å²) in [6.45, 7) is 14.0. The average molecular weight is 559 g/mol. The molecule has 7 rings (SSSR count). The second kappa shape index (κ2) is 9.95. The molecule has 0 aliphatic heterocycles. The summed E-state index contributed by atoms with van der Waals surface area (Å²) in [6.07, 6.45) is 4.85. The van der Waals surface area contributed by atoms with Crippen molar-refractivity contribution in [1.29, 1.82) is 0 Å². The SMILES string of the molecule is CC(C)(C)c1ccc2c(c1)C(C(c1ccccc1)(c1ccccc1)C1C=Cc3ccccc31)c1cc(C(C)(C)C)ccc1-2. The van der Waals surface area contributed by atoms with Crippen molar-refractivity contribution in [3.8, 4) is 11.1 Å². The van der Waals surface area contributed by atoms with Gasteiger partial charge in [-0.15, -0.1) is 0 Å². The molecule has 43 heavy (non-hydrogen) atoms. The standard InChI is InChI=1S/C43H42/c1-41(2,3)32-22-24-35-36-25-23-33(42(4,5)6)28-38(36)40(37(35)27-32)43(30-16-9-7-10-17-30,31-18-11-8-12-19-31)39-26-21-29-15-13-14-20-34(29)39/h7-28,39-40H,1-6H3. The molecule has 0 bridgehead atoms. The quantitative estimate of drug-likeness (QED) is 0.206. The molecular formula is C43H42. The third-order valence-corrected chi connectivity index (χ3v) is 10.00. The maximum Gasteiger partial charge on any atom is 0.0415 e. The van der Waals surface area contributed by atoms with E-state index in [0.29, 0.717) is 0 Å². The van der Waals surface area contributed by atoms with Crippen LogP contribution in [0.3, 0.4) is 0 Å². The Hall–Kier alpha value is -4.16. The van der Waals surface area contributed by atoms with Crippen LogP contribution in [-0.2, 0) is 16.2 Å². The molecule has 2 aliphatic rings. The second-order valence-electron chi connectivity index (χ2n) is 14.6. The second-order valence-corrected chi connectivity index (χ2v) is 14.6. The van der Waals surface area contributed by atoms with Gasteiger partial charge in [-0.3, -0.25) is 0 Å². The van der Waals surface area contributed by atoms with Gasteiger partial charge in [0, 0.05) is 17.3 Å². The van der Waals surface area contributed by atoms with Crippen LogP contribution < -0.4 is 0 Å². The van der Waals surface area contributed by atoms with Crippen molar-refractivity contribution in [1.82, 2.24) is 0 Å². The lowest BCUT2D eigenvalue weighted by molar-refractivity contribution is 0.415. The number of hydrogen-bond donors (Lipinski definition) is 0. The minimum Gasteiger partial charge on any atom is -0.0751 e. The first-order valence-corrected chi connectivity index (χ1v) is 15.8. The monoisotopic (exact) mass is 558 g/mol. The van der Waals surface area contributed by atoms with E-state index in [1.54, 1.807) is 0 Å². The lowest BCUT2D eigenvalue weighted by Crippen LogP contribution is -2.40. The van der Waals surface area contributed by atoms with Crippen LogP contribution in [-0.4, -0.2) is 0 Å². The highest BCUT2D eigenvalue weighted by Gasteiger charge is 2.53. The van der Waals surface area contributed by atoms with E-state index in [4.69, 9.17) is 0 Å². The van der Waals surface area contributed by atoms with Gasteiger partial charge in [-0.25, -0.2) is 0 Å². The Morgan fingerprint density at radius 1 is 0.442 bits per heavy atom. The number of fused-ring (bicyclic) bond motifs is 4. The van der Waals surface area contributed by atoms with Crippen molar-refractivity contribution in [3.05, 3.63) is 172 Å². The highest BCUT2D eigenvalue weighted by atomic mass is 14.5. The first kappa shape index (κ1) is 27.7. The molecule has 1 atom stereocenters. The Bertz CT molecular complexity index is 1720. The zero-order valence-electron chi connectivity index (χ0n) is 26.4. The van der Waals surface area contributed by atoms with Crippen molar-refractivity contribution in [2.45, 2.75) is 69.6 Å². The minimum atomic E-state index is -0.376. The van der Waals surface area contributed by atoms with Crippen LogP contribution in [0.15, 0.2) is 127 Å². The predicted molar refractivity (Wildman–Crippen MR) is 183 cm³/mol. The molecule has 0 heteroatoms. The topological polar surface area (TPSA) is 0 Å². The highest BCUT2D eigenvalue weighted by molar-refractivity contribution is 5.83. The molecule has 0 nitrogen and oxygen atoms in total. The average Bonchev–Trinajstić information content (AvgIpc) is 3.58. The van der Waals surface area contributed by atoms with E-state index < -0.39 is 0 Å². The Kier molecular flexibility index (Phi) is 6.40. The Morgan fingerprint density at radius 2 is 0.907 bits per heavy atom. The lowest BCUT2D eigenvalue weighted by Gasteiger charge is -2.46. The van der Waals surface area contributed by atoms with E-state index in [1.165, 1.54) is 55.6 Å². The summed E-state index contributed by atoms with van der Waals surface area (Å²) in [7, 11) is 0. The molecule has 0 spiro atoms. The molecule has 5 aromatic rings. The van der Waals surface area contributed by atoms with Crippen molar-refractivity contribution in [2.75, 3.05) is 0 Å². The van der Waals surface area contributed by atoms with Gasteiger partial charge >= 0.3 is 0 Å². The molecule has 2 aliphatic carbocycles. The molecule has 0 N–H and O–H groups in total. The summed E-state index contributed by atoms with van der Waals surface area (Å²) in [4.78, 5) is 0. The Morgan fingerprint density at radius 3 is 1.40 bits per heavy atom. The van der Waals surface area contributed by atoms with Gasteiger partial charge in [-0.1, -0.05) is 175 Å². The smallest absolute Gasteiger partial charge is 0.0415 e. The van der Waals surface area contributed by atoms with Crippen LogP contribution in [0.25, 0.3) is 17.2 Å². The first-order valence-electron chi connectivity index (χ1n) is 15.8. The summed E-state index contributed by atoms with van der Waals surface area (Å²) in [5, 5.41) is 0. The molecule has 0 aromatic heterocycles. The summed E-state index contributed by atoms with van der Waals surface area (Å²) >= 11 is 0. The molecule has 1 unspecified atom stereocenters. The number of rotatable bonds is 4. The zero-order chi connectivity index (χ0) is 30.0. The molecule has 0 radical (unpaired) electrons. The van der Waals surface area contributed by atoms with E-state index in [-0.39, 0.29) is 28.1 Å². The third kappa shape index (κ3) is 4.34. The van der Waals surface area contributed by atoms with E-state index in [2.05, 4.69) is 175 Å². The third-order valence-electron chi connectivity index (χ3n) is 10.00. The highest BCUT2D eigenvalue weighted by Crippen LogP contribution is 2.63. The van der Waals surface area contributed by atoms with Gasteiger partial charge in [0.05, 0.1) is 0 Å². The molecule has 0 heterocycles. The van der Waals surface area contributed by atoms with E-state index in [9.17, 15) is 0 Å². The van der Waals surface area contributed by atoms with Crippen LogP contribution in [0, 0.1) is 0 Å². The van der Waals surface area contributed by atoms with Gasteiger partial charge < -0.3 is 0 Å². The molecule has 5 aromatic carbocycles. The van der Waals surface area contributed by atoms with E-state index >= 15 is 0 Å². The van der Waals surface area contributed by atoms with Gasteiger partial charge in [-0.2, -0.15) is 0 Å². The predicted octanol–water partition coefficient (Wildman–Crippen LogP) is 11.2. The van der Waals surface area contributed by atoms with Crippen LogP contribution in [0.4, 0.5) is 0 Å². The largest absolute Gasteiger partial charge is 0.0751 e. The van der Waals surface area contributed by atoms with Gasteiger partial charge in [0.25, 0.3) is 0 Å². The zero-order valence-corrected chi connectivity index (χ0v) is 26.4. The molecule has 0 saturated heterocycles. The van der Waals surface area contributed by atoms with Crippen LogP contribution in [0.5, 0.6) is 0 Å². The van der Waals surface area contributed by atoms with Gasteiger partial charge in [0.15, 0.2) is 0 Å². The van der Waals surface area contributed by atoms with Gasteiger partial charge in [0.1, 0.15) is 0 Å². The van der Waals surface area contributed by atoms with Gasteiger partial charge in [0.2, 0.25) is 0 Å². The molecular weight excluding hydrogens is 516 g/mol. The first-order chi connectivity index (χ1) is 20.6. The lowest BCUT2D eigenvalue weighted by atomic mass is 9.55. The van der Waals surface area contributed by atoms with Crippen LogP contribution in [0.1, 0.15) is 97.9 Å². The van der Waals surface area contributed by atoms with Crippen LogP contribution >= 0.6 is 0 Å². The van der Waals surface area contributed by atoms with Crippen molar-refractivity contribution < 1.29 is 0 Å². The summed E-state index contributed by atoms with van der Waals surface area (Å²) in [6, 6.07) is 46.4. The fraction of sp³-hybridized carbons (Fsp3) is 0.256. The molecule has 0 saturated carbocycles. The van der Waals surface area contributed by atoms with Crippen LogP contribution in [0.2, 0.25) is 0 Å². The summed E-state index contributed by atoms with van der Waals surface area (Å²) < 4.78 is 0. The summed E-state index contributed by atoms with van der Waals surface area (Å²) in [5.41, 5.74) is 13.6. The molecule has 0 fully saturated rings. The normalized spacial score (nSPS) is 16.2. The molecule has 214 valence electrons. The molecule has 0 amide bonds. The number of allylic oxidation sites excluding steroid dienone is 1. The number of benzene rings is 5. The van der Waals surface area contributed by atoms with Crippen molar-refractivity contribution in [3.63, 3.8) is 0 Å². The number of hydrogen-bond acceptors (Lipinski definition) is 0. The maximum atomic E-state index is 2.54. The van der Waals surface area contributed by atoms with Crippen molar-refractivity contribution in [2.24, 2.45) is 0 Å².